The van der Waals surface area contributed by atoms with Crippen molar-refractivity contribution >= 4 is 17.5 Å². The van der Waals surface area contributed by atoms with Crippen molar-refractivity contribution in [2.75, 3.05) is 23.3 Å². The van der Waals surface area contributed by atoms with Crippen molar-refractivity contribution in [1.82, 2.24) is 19.9 Å². The molecule has 2 amide bonds. The number of aromatic nitrogens is 3. The van der Waals surface area contributed by atoms with Crippen LogP contribution < -0.4 is 15.5 Å². The summed E-state index contributed by atoms with van der Waals surface area (Å²) in [6.45, 7) is 4.76. The topological polar surface area (TPSA) is 75.1 Å². The molecule has 3 rings (SSSR count). The Kier molecular flexibility index (Phi) is 4.75. The van der Waals surface area contributed by atoms with E-state index in [1.807, 2.05) is 29.8 Å². The summed E-state index contributed by atoms with van der Waals surface area (Å²) in [4.78, 5) is 22.7. The second kappa shape index (κ2) is 7.13. The van der Waals surface area contributed by atoms with Gasteiger partial charge in [-0.1, -0.05) is 0 Å². The standard InChI is InChI=1S/C16H22N6O/c1-13(11-21-9-6-17-12-21)19-16(23)20-14-4-5-15(18-10-14)22-7-2-3-8-22/h4-6,9-10,12-13H,2-3,7-8,11H2,1H3,(H2,19,20,23)/t13-/m1/s1. The highest BCUT2D eigenvalue weighted by atomic mass is 16.2. The van der Waals surface area contributed by atoms with Gasteiger partial charge in [-0.3, -0.25) is 0 Å². The van der Waals surface area contributed by atoms with E-state index in [-0.39, 0.29) is 12.1 Å². The molecule has 2 aromatic rings. The maximum absolute atomic E-state index is 12.0. The summed E-state index contributed by atoms with van der Waals surface area (Å²) in [6, 6.07) is 3.62. The number of nitrogens with zero attached hydrogens (tertiary/aromatic N) is 4. The van der Waals surface area contributed by atoms with Crippen LogP contribution in [0.15, 0.2) is 37.1 Å². The molecule has 7 heteroatoms. The summed E-state index contributed by atoms with van der Waals surface area (Å²) in [5.41, 5.74) is 0.695. The zero-order valence-electron chi connectivity index (χ0n) is 13.3. The third-order valence-corrected chi connectivity index (χ3v) is 3.86. The fourth-order valence-electron chi connectivity index (χ4n) is 2.74. The molecule has 23 heavy (non-hydrogen) atoms. The van der Waals surface area contributed by atoms with Gasteiger partial charge < -0.3 is 20.1 Å². The van der Waals surface area contributed by atoms with Crippen LogP contribution in [-0.4, -0.2) is 39.7 Å². The minimum absolute atomic E-state index is 0.000956. The van der Waals surface area contributed by atoms with E-state index >= 15 is 0 Å². The Labute approximate surface area is 135 Å². The first-order valence-electron chi connectivity index (χ1n) is 7.95. The van der Waals surface area contributed by atoms with E-state index in [1.54, 1.807) is 18.7 Å². The van der Waals surface area contributed by atoms with Crippen LogP contribution in [0.1, 0.15) is 19.8 Å². The lowest BCUT2D eigenvalue weighted by Crippen LogP contribution is -2.38. The lowest BCUT2D eigenvalue weighted by molar-refractivity contribution is 0.248. The van der Waals surface area contributed by atoms with Crippen LogP contribution in [0.5, 0.6) is 0 Å². The molecular formula is C16H22N6O. The molecule has 0 spiro atoms. The average Bonchev–Trinajstić information content (AvgIpc) is 3.20. The molecule has 0 radical (unpaired) electrons. The van der Waals surface area contributed by atoms with Crippen LogP contribution >= 0.6 is 0 Å². The largest absolute Gasteiger partial charge is 0.357 e. The number of nitrogens with one attached hydrogen (secondary N) is 2. The predicted molar refractivity (Wildman–Crippen MR) is 89.5 cm³/mol. The average molecular weight is 314 g/mol. The first-order valence-corrected chi connectivity index (χ1v) is 7.95. The summed E-state index contributed by atoms with van der Waals surface area (Å²) in [5, 5.41) is 5.71. The molecule has 1 aliphatic heterocycles. The first-order chi connectivity index (χ1) is 11.2. The number of hydrogen-bond donors (Lipinski definition) is 2. The summed E-state index contributed by atoms with van der Waals surface area (Å²) in [6.07, 6.45) is 9.47. The van der Waals surface area contributed by atoms with Gasteiger partial charge in [-0.2, -0.15) is 0 Å². The second-order valence-corrected chi connectivity index (χ2v) is 5.86. The van der Waals surface area contributed by atoms with Gasteiger partial charge in [0, 0.05) is 38.1 Å². The quantitative estimate of drug-likeness (QED) is 0.886. The van der Waals surface area contributed by atoms with Crippen molar-refractivity contribution in [2.45, 2.75) is 32.4 Å². The molecule has 1 saturated heterocycles. The van der Waals surface area contributed by atoms with Gasteiger partial charge in [0.25, 0.3) is 0 Å². The minimum atomic E-state index is -0.228. The van der Waals surface area contributed by atoms with Crippen LogP contribution in [0.4, 0.5) is 16.3 Å². The predicted octanol–water partition coefficient (Wildman–Crippen LogP) is 2.09. The van der Waals surface area contributed by atoms with Gasteiger partial charge in [-0.05, 0) is 31.9 Å². The number of carbonyl (C=O) groups excluding carboxylic acids is 1. The maximum atomic E-state index is 12.0. The van der Waals surface area contributed by atoms with E-state index in [9.17, 15) is 4.79 Å². The van der Waals surface area contributed by atoms with E-state index < -0.39 is 0 Å². The molecule has 2 N–H and O–H groups in total. The number of anilines is 2. The molecular weight excluding hydrogens is 292 g/mol. The van der Waals surface area contributed by atoms with E-state index in [0.29, 0.717) is 12.2 Å². The molecule has 1 aliphatic rings. The van der Waals surface area contributed by atoms with Crippen molar-refractivity contribution in [3.8, 4) is 0 Å². The van der Waals surface area contributed by atoms with Gasteiger partial charge in [0.15, 0.2) is 0 Å². The summed E-state index contributed by atoms with van der Waals surface area (Å²) in [7, 11) is 0. The van der Waals surface area contributed by atoms with E-state index in [2.05, 4.69) is 25.5 Å². The Hall–Kier alpha value is -2.57. The van der Waals surface area contributed by atoms with Crippen LogP contribution in [0.2, 0.25) is 0 Å². The van der Waals surface area contributed by atoms with Crippen molar-refractivity contribution in [3.05, 3.63) is 37.1 Å². The number of rotatable bonds is 5. The normalized spacial score (nSPS) is 15.4. The Bertz CT molecular complexity index is 619. The van der Waals surface area contributed by atoms with Crippen LogP contribution in [0.25, 0.3) is 0 Å². The molecule has 0 unspecified atom stereocenters. The van der Waals surface area contributed by atoms with Gasteiger partial charge in [0.2, 0.25) is 0 Å². The molecule has 1 atom stereocenters. The van der Waals surface area contributed by atoms with E-state index in [0.717, 1.165) is 18.9 Å². The van der Waals surface area contributed by atoms with Crippen LogP contribution in [0.3, 0.4) is 0 Å². The Morgan fingerprint density at radius 1 is 1.35 bits per heavy atom. The van der Waals surface area contributed by atoms with Crippen molar-refractivity contribution in [2.24, 2.45) is 0 Å². The van der Waals surface area contributed by atoms with Crippen molar-refractivity contribution < 1.29 is 4.79 Å². The monoisotopic (exact) mass is 314 g/mol. The minimum Gasteiger partial charge on any atom is -0.357 e. The third-order valence-electron chi connectivity index (χ3n) is 3.86. The number of pyridine rings is 1. The number of carbonyl (C=O) groups is 1. The summed E-state index contributed by atoms with van der Waals surface area (Å²) < 4.78 is 1.93. The fraction of sp³-hybridized carbons (Fsp3) is 0.438. The zero-order valence-corrected chi connectivity index (χ0v) is 13.3. The zero-order chi connectivity index (χ0) is 16.1. The SMILES string of the molecule is C[C@H](Cn1ccnc1)NC(=O)Nc1ccc(N2CCCC2)nc1. The number of urea groups is 1. The highest BCUT2D eigenvalue weighted by molar-refractivity contribution is 5.89. The number of hydrogen-bond acceptors (Lipinski definition) is 4. The Balaban J connectivity index is 1.49. The van der Waals surface area contributed by atoms with Crippen molar-refractivity contribution in [1.29, 1.82) is 0 Å². The first kappa shape index (κ1) is 15.3. The molecule has 122 valence electrons. The highest BCUT2D eigenvalue weighted by Crippen LogP contribution is 2.18. The molecule has 0 aliphatic carbocycles. The van der Waals surface area contributed by atoms with Gasteiger partial charge in [0.1, 0.15) is 5.82 Å². The molecule has 1 fully saturated rings. The van der Waals surface area contributed by atoms with E-state index in [4.69, 9.17) is 0 Å². The second-order valence-electron chi connectivity index (χ2n) is 5.86. The van der Waals surface area contributed by atoms with Gasteiger partial charge in [0.05, 0.1) is 18.2 Å². The maximum Gasteiger partial charge on any atom is 0.319 e. The Morgan fingerprint density at radius 2 is 2.17 bits per heavy atom. The van der Waals surface area contributed by atoms with E-state index in [1.165, 1.54) is 12.8 Å². The smallest absolute Gasteiger partial charge is 0.319 e. The van der Waals surface area contributed by atoms with Gasteiger partial charge in [-0.25, -0.2) is 14.8 Å². The summed E-state index contributed by atoms with van der Waals surface area (Å²) in [5.74, 6) is 0.974. The lowest BCUT2D eigenvalue weighted by atomic mass is 10.3. The Morgan fingerprint density at radius 3 is 2.83 bits per heavy atom. The molecule has 0 saturated carbocycles. The fourth-order valence-corrected chi connectivity index (χ4v) is 2.74. The molecule has 3 heterocycles. The molecule has 0 bridgehead atoms. The molecule has 2 aromatic heterocycles. The molecule has 7 nitrogen and oxygen atoms in total. The van der Waals surface area contributed by atoms with Crippen LogP contribution in [0, 0.1) is 0 Å². The highest BCUT2D eigenvalue weighted by Gasteiger charge is 2.13. The number of amides is 2. The third kappa shape index (κ3) is 4.21. The number of imidazole rings is 1. The van der Waals surface area contributed by atoms with Gasteiger partial charge in [-0.15, -0.1) is 0 Å². The summed E-state index contributed by atoms with van der Waals surface area (Å²) >= 11 is 0. The van der Waals surface area contributed by atoms with Gasteiger partial charge >= 0.3 is 6.03 Å². The van der Waals surface area contributed by atoms with Crippen LogP contribution in [-0.2, 0) is 6.54 Å². The molecule has 0 aromatic carbocycles. The lowest BCUT2D eigenvalue weighted by Gasteiger charge is -2.17. The van der Waals surface area contributed by atoms with Crippen molar-refractivity contribution in [3.63, 3.8) is 0 Å².